The Balaban J connectivity index is 1.48. The van der Waals surface area contributed by atoms with Gasteiger partial charge in [0.25, 0.3) is 11.8 Å². The molecule has 2 N–H and O–H groups in total. The van der Waals surface area contributed by atoms with Crippen LogP contribution in [0.2, 0.25) is 0 Å². The molecule has 0 spiro atoms. The van der Waals surface area contributed by atoms with E-state index in [-0.39, 0.29) is 17.2 Å². The number of methoxy groups -OCH3 is 2. The highest BCUT2D eigenvalue weighted by atomic mass is 32.2. The summed E-state index contributed by atoms with van der Waals surface area (Å²) in [7, 11) is 3.13. The molecule has 0 saturated carbocycles. The average Bonchev–Trinajstić information content (AvgIpc) is 3.00. The minimum atomic E-state index is -0.491. The molecule has 0 bridgehead atoms. The Hall–Kier alpha value is -4.82. The quantitative estimate of drug-likeness (QED) is 0.133. The molecule has 0 radical (unpaired) electrons. The zero-order valence-electron chi connectivity index (χ0n) is 22.0. The van der Waals surface area contributed by atoms with E-state index in [1.54, 1.807) is 111 Å². The van der Waals surface area contributed by atoms with Gasteiger partial charge in [0, 0.05) is 21.7 Å². The Kier molecular flexibility index (Phi) is 9.74. The Morgan fingerprint density at radius 2 is 1.45 bits per heavy atom. The van der Waals surface area contributed by atoms with E-state index in [0.717, 1.165) is 4.90 Å². The summed E-state index contributed by atoms with van der Waals surface area (Å²) in [6, 6.07) is 30.0. The van der Waals surface area contributed by atoms with Crippen molar-refractivity contribution in [2.24, 2.45) is 0 Å². The lowest BCUT2D eigenvalue weighted by atomic mass is 10.1. The molecule has 4 rings (SSSR count). The highest BCUT2D eigenvalue weighted by Crippen LogP contribution is 2.24. The molecule has 0 aliphatic rings. The molecule has 0 heterocycles. The lowest BCUT2D eigenvalue weighted by Crippen LogP contribution is -2.30. The topological polar surface area (TPSA) is 93.7 Å². The highest BCUT2D eigenvalue weighted by molar-refractivity contribution is 8.00. The lowest BCUT2D eigenvalue weighted by molar-refractivity contribution is -0.113. The van der Waals surface area contributed by atoms with Gasteiger partial charge in [-0.05, 0) is 66.2 Å². The molecular formula is C32H28N2O5S. The maximum absolute atomic E-state index is 13.3. The minimum Gasteiger partial charge on any atom is -0.497 e. The summed E-state index contributed by atoms with van der Waals surface area (Å²) in [5.41, 5.74) is 2.30. The molecule has 0 aliphatic heterocycles. The number of amides is 2. The van der Waals surface area contributed by atoms with E-state index in [2.05, 4.69) is 10.6 Å². The monoisotopic (exact) mass is 552 g/mol. The number of hydrogen-bond acceptors (Lipinski definition) is 6. The number of anilines is 1. The maximum atomic E-state index is 13.3. The lowest BCUT2D eigenvalue weighted by Gasteiger charge is -2.12. The van der Waals surface area contributed by atoms with Gasteiger partial charge in [0.1, 0.15) is 17.2 Å². The fourth-order valence-electron chi connectivity index (χ4n) is 3.70. The van der Waals surface area contributed by atoms with Crippen LogP contribution in [0.4, 0.5) is 5.69 Å². The average molecular weight is 553 g/mol. The summed E-state index contributed by atoms with van der Waals surface area (Å²) in [6.07, 6.45) is 1.60. The number of ether oxygens (including phenoxy) is 2. The molecule has 0 saturated heterocycles. The second-order valence-electron chi connectivity index (χ2n) is 8.58. The summed E-state index contributed by atoms with van der Waals surface area (Å²) in [4.78, 5) is 39.7. The molecule has 0 fully saturated rings. The Morgan fingerprint density at radius 3 is 2.17 bits per heavy atom. The van der Waals surface area contributed by atoms with E-state index in [1.807, 2.05) is 12.1 Å². The van der Waals surface area contributed by atoms with Crippen LogP contribution in [0.1, 0.15) is 26.3 Å². The van der Waals surface area contributed by atoms with Crippen molar-refractivity contribution in [3.63, 3.8) is 0 Å². The van der Waals surface area contributed by atoms with Crippen LogP contribution in [0.5, 0.6) is 11.5 Å². The molecule has 7 nitrogen and oxygen atoms in total. The van der Waals surface area contributed by atoms with Gasteiger partial charge in [-0.2, -0.15) is 0 Å². The third-order valence-electron chi connectivity index (χ3n) is 5.81. The Morgan fingerprint density at radius 1 is 0.750 bits per heavy atom. The summed E-state index contributed by atoms with van der Waals surface area (Å²) in [6.45, 7) is 0. The van der Waals surface area contributed by atoms with Crippen molar-refractivity contribution in [3.8, 4) is 11.5 Å². The van der Waals surface area contributed by atoms with Gasteiger partial charge in [-0.25, -0.2) is 0 Å². The molecule has 2 amide bonds. The first-order chi connectivity index (χ1) is 19.4. The summed E-state index contributed by atoms with van der Waals surface area (Å²) in [5.74, 6) is 0.590. The van der Waals surface area contributed by atoms with Crippen LogP contribution in [-0.4, -0.2) is 37.6 Å². The zero-order chi connectivity index (χ0) is 28.3. The van der Waals surface area contributed by atoms with Gasteiger partial charge in [0.05, 0.1) is 20.0 Å². The molecule has 0 aromatic heterocycles. The van der Waals surface area contributed by atoms with E-state index in [0.29, 0.717) is 33.9 Å². The number of carbonyl (C=O) groups excluding carboxylic acids is 3. The third kappa shape index (κ3) is 7.85. The van der Waals surface area contributed by atoms with Crippen LogP contribution in [0.3, 0.4) is 0 Å². The molecule has 4 aromatic carbocycles. The number of nitrogens with one attached hydrogen (secondary N) is 2. The predicted molar refractivity (Wildman–Crippen MR) is 158 cm³/mol. The van der Waals surface area contributed by atoms with Crippen LogP contribution in [0, 0.1) is 0 Å². The van der Waals surface area contributed by atoms with Crippen LogP contribution < -0.4 is 20.1 Å². The standard InChI is InChI=1S/C32H28N2O5S/c1-38-26-16-14-22(15-17-26)18-29(34-31(36)23-8-4-3-5-9-23)32(37)33-25-11-7-13-28(20-25)40-21-30(35)24-10-6-12-27(19-24)39-2/h3-20H,21H2,1-2H3,(H,33,37)(H,34,36)/b29-18-. The molecule has 202 valence electrons. The first kappa shape index (κ1) is 28.2. The van der Waals surface area contributed by atoms with E-state index in [9.17, 15) is 14.4 Å². The van der Waals surface area contributed by atoms with Crippen molar-refractivity contribution in [3.05, 3.63) is 126 Å². The van der Waals surface area contributed by atoms with Crippen molar-refractivity contribution in [2.45, 2.75) is 4.90 Å². The van der Waals surface area contributed by atoms with Gasteiger partial charge in [-0.3, -0.25) is 14.4 Å². The van der Waals surface area contributed by atoms with Crippen molar-refractivity contribution < 1.29 is 23.9 Å². The number of thioether (sulfide) groups is 1. The van der Waals surface area contributed by atoms with E-state index < -0.39 is 11.8 Å². The van der Waals surface area contributed by atoms with Crippen molar-refractivity contribution >= 4 is 41.1 Å². The van der Waals surface area contributed by atoms with Crippen LogP contribution >= 0.6 is 11.8 Å². The number of ketones is 1. The van der Waals surface area contributed by atoms with Gasteiger partial charge >= 0.3 is 0 Å². The normalized spacial score (nSPS) is 10.9. The summed E-state index contributed by atoms with van der Waals surface area (Å²) >= 11 is 1.36. The number of carbonyl (C=O) groups is 3. The van der Waals surface area contributed by atoms with Gasteiger partial charge in [0.2, 0.25) is 0 Å². The number of rotatable bonds is 11. The van der Waals surface area contributed by atoms with Gasteiger partial charge in [-0.15, -0.1) is 11.8 Å². The number of Topliss-reactive ketones (excluding diaryl/α,β-unsaturated/α-hetero) is 1. The SMILES string of the molecule is COc1ccc(/C=C(\NC(=O)c2ccccc2)C(=O)Nc2cccc(SCC(=O)c3cccc(OC)c3)c2)cc1. The molecule has 0 unspecified atom stereocenters. The largest absolute Gasteiger partial charge is 0.497 e. The Labute approximate surface area is 237 Å². The smallest absolute Gasteiger partial charge is 0.272 e. The highest BCUT2D eigenvalue weighted by Gasteiger charge is 2.16. The fraction of sp³-hybridized carbons (Fsp3) is 0.0938. The fourth-order valence-corrected chi connectivity index (χ4v) is 4.55. The molecule has 40 heavy (non-hydrogen) atoms. The minimum absolute atomic E-state index is 0.0355. The van der Waals surface area contributed by atoms with E-state index in [1.165, 1.54) is 11.8 Å². The number of benzene rings is 4. The zero-order valence-corrected chi connectivity index (χ0v) is 22.9. The molecule has 0 aliphatic carbocycles. The van der Waals surface area contributed by atoms with Gasteiger partial charge in [-0.1, -0.05) is 48.5 Å². The maximum Gasteiger partial charge on any atom is 0.272 e. The van der Waals surface area contributed by atoms with Gasteiger partial charge < -0.3 is 20.1 Å². The third-order valence-corrected chi connectivity index (χ3v) is 6.80. The van der Waals surface area contributed by atoms with Gasteiger partial charge in [0.15, 0.2) is 5.78 Å². The molecule has 0 atom stereocenters. The Bertz CT molecular complexity index is 1520. The second kappa shape index (κ2) is 13.8. The van der Waals surface area contributed by atoms with Crippen molar-refractivity contribution in [1.82, 2.24) is 5.32 Å². The first-order valence-corrected chi connectivity index (χ1v) is 13.4. The molecule has 4 aromatic rings. The van der Waals surface area contributed by atoms with Crippen LogP contribution in [-0.2, 0) is 4.79 Å². The van der Waals surface area contributed by atoms with Crippen molar-refractivity contribution in [2.75, 3.05) is 25.3 Å². The first-order valence-electron chi connectivity index (χ1n) is 12.4. The summed E-state index contributed by atoms with van der Waals surface area (Å²) in [5, 5.41) is 5.59. The van der Waals surface area contributed by atoms with E-state index >= 15 is 0 Å². The van der Waals surface area contributed by atoms with Crippen molar-refractivity contribution in [1.29, 1.82) is 0 Å². The second-order valence-corrected chi connectivity index (χ2v) is 9.63. The van der Waals surface area contributed by atoms with Crippen LogP contribution in [0.15, 0.2) is 114 Å². The molecular weight excluding hydrogens is 524 g/mol. The predicted octanol–water partition coefficient (Wildman–Crippen LogP) is 6.09. The number of hydrogen-bond donors (Lipinski definition) is 2. The van der Waals surface area contributed by atoms with Crippen LogP contribution in [0.25, 0.3) is 6.08 Å². The summed E-state index contributed by atoms with van der Waals surface area (Å²) < 4.78 is 10.4. The molecule has 8 heteroatoms. The van der Waals surface area contributed by atoms with E-state index in [4.69, 9.17) is 9.47 Å².